The molecule has 0 aliphatic carbocycles. The van der Waals surface area contributed by atoms with E-state index in [1.54, 1.807) is 0 Å². The minimum atomic E-state index is 0. The van der Waals surface area contributed by atoms with E-state index in [4.69, 9.17) is 11.6 Å². The quantitative estimate of drug-likeness (QED) is 0.632. The Balaban J connectivity index is 0.000000810. The molecule has 1 aromatic rings. The van der Waals surface area contributed by atoms with Crippen molar-refractivity contribution in [1.29, 1.82) is 0 Å². The van der Waals surface area contributed by atoms with Crippen molar-refractivity contribution < 1.29 is 0 Å². The topological polar surface area (TPSA) is 12.9 Å². The maximum Gasteiger partial charge on any atom is 0.0558 e. The van der Waals surface area contributed by atoms with Crippen LogP contribution >= 0.6 is 35.5 Å². The van der Waals surface area contributed by atoms with E-state index in [1.165, 1.54) is 22.0 Å². The number of rotatable bonds is 1. The summed E-state index contributed by atoms with van der Waals surface area (Å²) in [5, 5.41) is 0. The summed E-state index contributed by atoms with van der Waals surface area (Å²) in [6.07, 6.45) is 0. The highest BCUT2D eigenvalue weighted by Crippen LogP contribution is 2.18. The van der Waals surface area contributed by atoms with E-state index in [9.17, 15) is 0 Å². The van der Waals surface area contributed by atoms with Crippen molar-refractivity contribution in [3.63, 3.8) is 0 Å². The Kier molecular flexibility index (Phi) is 4.25. The molecule has 0 fully saturated rings. The first-order valence-electron chi connectivity index (χ1n) is 2.73. The summed E-state index contributed by atoms with van der Waals surface area (Å²) in [7, 11) is 0. The Hall–Kier alpha value is 0.210. The van der Waals surface area contributed by atoms with Crippen LogP contribution in [0.2, 0.25) is 0 Å². The maximum atomic E-state index is 5.65. The summed E-state index contributed by atoms with van der Waals surface area (Å²) in [6, 6.07) is 0. The molecule has 0 spiro atoms. The van der Waals surface area contributed by atoms with Crippen LogP contribution in [0.25, 0.3) is 0 Å². The fraction of sp³-hybridized carbons (Fsp3) is 0.500. The number of alkyl halides is 1. The van der Waals surface area contributed by atoms with Crippen molar-refractivity contribution in [3.8, 4) is 0 Å². The molecule has 1 aromatic heterocycles. The molecule has 0 amide bonds. The van der Waals surface area contributed by atoms with Crippen molar-refractivity contribution in [2.24, 2.45) is 0 Å². The lowest BCUT2D eigenvalue weighted by Crippen LogP contribution is -1.79. The van der Waals surface area contributed by atoms with Crippen molar-refractivity contribution in [2.45, 2.75) is 19.7 Å². The van der Waals surface area contributed by atoms with Crippen LogP contribution in [0.5, 0.6) is 0 Å². The summed E-state index contributed by atoms with van der Waals surface area (Å²) in [5.41, 5.74) is 2.27. The normalized spacial score (nSPS) is 9.10. The zero-order valence-electron chi connectivity index (χ0n) is 5.85. The zero-order chi connectivity index (χ0) is 6.85. The fourth-order valence-corrected chi connectivity index (χ4v) is 1.88. The lowest BCUT2D eigenvalue weighted by molar-refractivity contribution is 1.23. The number of hydrogen-bond donors (Lipinski definition) is 0. The third-order valence-corrected chi connectivity index (χ3v) is 2.47. The van der Waals surface area contributed by atoms with E-state index in [-0.39, 0.29) is 12.4 Å². The van der Waals surface area contributed by atoms with Crippen LogP contribution in [0.1, 0.15) is 16.1 Å². The van der Waals surface area contributed by atoms with E-state index >= 15 is 0 Å². The molecule has 1 heterocycles. The second-order valence-electron chi connectivity index (χ2n) is 1.94. The van der Waals surface area contributed by atoms with Crippen molar-refractivity contribution >= 4 is 35.5 Å². The molecule has 0 unspecified atom stereocenters. The molecular weight excluding hydrogens is 189 g/mol. The molecule has 10 heavy (non-hydrogen) atoms. The third-order valence-electron chi connectivity index (χ3n) is 1.31. The second kappa shape index (κ2) is 4.16. The van der Waals surface area contributed by atoms with Gasteiger partial charge in [0.1, 0.15) is 0 Å². The zero-order valence-corrected chi connectivity index (χ0v) is 8.24. The number of hydrogen-bond acceptors (Lipinski definition) is 2. The van der Waals surface area contributed by atoms with Crippen LogP contribution in [-0.4, -0.2) is 4.37 Å². The maximum absolute atomic E-state index is 5.65. The van der Waals surface area contributed by atoms with Gasteiger partial charge in [-0.05, 0) is 25.4 Å². The number of aromatic nitrogens is 1. The van der Waals surface area contributed by atoms with Crippen LogP contribution in [0, 0.1) is 13.8 Å². The lowest BCUT2D eigenvalue weighted by atomic mass is 10.2. The predicted molar refractivity (Wildman–Crippen MR) is 48.4 cm³/mol. The van der Waals surface area contributed by atoms with Crippen LogP contribution < -0.4 is 0 Å². The molecule has 1 rings (SSSR count). The molecule has 0 aromatic carbocycles. The van der Waals surface area contributed by atoms with Gasteiger partial charge in [-0.1, -0.05) is 0 Å². The molecule has 1 nitrogen and oxygen atoms in total. The molecule has 0 atom stereocenters. The van der Waals surface area contributed by atoms with E-state index in [0.29, 0.717) is 5.88 Å². The van der Waals surface area contributed by atoms with Gasteiger partial charge in [-0.25, -0.2) is 0 Å². The minimum absolute atomic E-state index is 0. The average Bonchev–Trinajstić information content (AvgIpc) is 2.12. The van der Waals surface area contributed by atoms with Crippen LogP contribution in [-0.2, 0) is 5.88 Å². The Morgan fingerprint density at radius 3 is 2.30 bits per heavy atom. The van der Waals surface area contributed by atoms with Crippen LogP contribution in [0.15, 0.2) is 0 Å². The van der Waals surface area contributed by atoms with Gasteiger partial charge in [-0.3, -0.25) is 0 Å². The van der Waals surface area contributed by atoms with Gasteiger partial charge < -0.3 is 0 Å². The SMILES string of the molecule is Cc1nsc(C)c1CCl.Cl. The smallest absolute Gasteiger partial charge is 0.0558 e. The second-order valence-corrected chi connectivity index (χ2v) is 3.18. The molecule has 0 bridgehead atoms. The molecular formula is C6H9Cl2NS. The van der Waals surface area contributed by atoms with Gasteiger partial charge in [-0.15, -0.1) is 24.0 Å². The molecule has 4 heteroatoms. The molecule has 0 saturated heterocycles. The van der Waals surface area contributed by atoms with Gasteiger partial charge in [0.25, 0.3) is 0 Å². The first-order chi connectivity index (χ1) is 4.25. The summed E-state index contributed by atoms with van der Waals surface area (Å²) in [4.78, 5) is 1.24. The minimum Gasteiger partial charge on any atom is -0.197 e. The molecule has 0 radical (unpaired) electrons. The van der Waals surface area contributed by atoms with Gasteiger partial charge in [0.15, 0.2) is 0 Å². The molecule has 0 saturated carbocycles. The third kappa shape index (κ3) is 1.84. The summed E-state index contributed by atoms with van der Waals surface area (Å²) in [6.45, 7) is 4.03. The fourth-order valence-electron chi connectivity index (χ4n) is 0.693. The van der Waals surface area contributed by atoms with Crippen LogP contribution in [0.3, 0.4) is 0 Å². The van der Waals surface area contributed by atoms with Crippen molar-refractivity contribution in [1.82, 2.24) is 4.37 Å². The standard InChI is InChI=1S/C6H8ClNS.ClH/c1-4-6(3-7)5(2)9-8-4;/h3H2,1-2H3;1H. The number of aryl methyl sites for hydroxylation is 2. The van der Waals surface area contributed by atoms with Crippen molar-refractivity contribution in [2.75, 3.05) is 0 Å². The summed E-state index contributed by atoms with van der Waals surface area (Å²) >= 11 is 7.17. The van der Waals surface area contributed by atoms with E-state index in [2.05, 4.69) is 4.37 Å². The van der Waals surface area contributed by atoms with E-state index in [0.717, 1.165) is 5.69 Å². The van der Waals surface area contributed by atoms with E-state index < -0.39 is 0 Å². The molecule has 0 aliphatic rings. The molecule has 0 aliphatic heterocycles. The largest absolute Gasteiger partial charge is 0.197 e. The lowest BCUT2D eigenvalue weighted by Gasteiger charge is -1.89. The highest BCUT2D eigenvalue weighted by Gasteiger charge is 2.03. The van der Waals surface area contributed by atoms with Gasteiger partial charge in [0, 0.05) is 10.4 Å². The van der Waals surface area contributed by atoms with Gasteiger partial charge in [0.2, 0.25) is 0 Å². The number of halogens is 2. The summed E-state index contributed by atoms with van der Waals surface area (Å²) < 4.78 is 4.14. The predicted octanol–water partition coefficient (Wildman–Crippen LogP) is 2.92. The van der Waals surface area contributed by atoms with Crippen molar-refractivity contribution in [3.05, 3.63) is 16.1 Å². The Bertz CT molecular complexity index is 190. The highest BCUT2D eigenvalue weighted by atomic mass is 35.5. The average molecular weight is 198 g/mol. The molecule has 58 valence electrons. The van der Waals surface area contributed by atoms with Crippen LogP contribution in [0.4, 0.5) is 0 Å². The first kappa shape index (κ1) is 10.2. The van der Waals surface area contributed by atoms with Gasteiger partial charge in [0.05, 0.1) is 11.6 Å². The molecule has 0 N–H and O–H groups in total. The van der Waals surface area contributed by atoms with Gasteiger partial charge in [-0.2, -0.15) is 4.37 Å². The highest BCUT2D eigenvalue weighted by molar-refractivity contribution is 7.05. The van der Waals surface area contributed by atoms with E-state index in [1.807, 2.05) is 13.8 Å². The summed E-state index contributed by atoms with van der Waals surface area (Å²) in [5.74, 6) is 0.591. The Morgan fingerprint density at radius 2 is 2.10 bits per heavy atom. The Labute approximate surface area is 76.0 Å². The van der Waals surface area contributed by atoms with Gasteiger partial charge >= 0.3 is 0 Å². The monoisotopic (exact) mass is 197 g/mol. The Morgan fingerprint density at radius 1 is 1.50 bits per heavy atom. The first-order valence-corrected chi connectivity index (χ1v) is 4.04. The number of nitrogens with zero attached hydrogens (tertiary/aromatic N) is 1.